The van der Waals surface area contributed by atoms with Crippen molar-refractivity contribution in [1.82, 2.24) is 0 Å². The minimum absolute atomic E-state index is 0.138. The summed E-state index contributed by atoms with van der Waals surface area (Å²) in [6, 6.07) is 11.0. The molecule has 2 aromatic rings. The molecular weight excluding hydrogens is 474 g/mol. The zero-order chi connectivity index (χ0) is 25.2. The van der Waals surface area contributed by atoms with Crippen LogP contribution in [0.2, 0.25) is 39.3 Å². The van der Waals surface area contributed by atoms with Crippen LogP contribution in [0.5, 0.6) is 0 Å². The summed E-state index contributed by atoms with van der Waals surface area (Å²) in [6.45, 7) is 12.5. The lowest BCUT2D eigenvalue weighted by atomic mass is 10.1. The van der Waals surface area contributed by atoms with Crippen LogP contribution >= 0.6 is 0 Å². The van der Waals surface area contributed by atoms with Gasteiger partial charge in [-0.1, -0.05) is 63.5 Å². The molecule has 0 saturated heterocycles. The van der Waals surface area contributed by atoms with Crippen LogP contribution < -0.4 is 9.13 Å². The molecule has 184 valence electrons. The molecule has 0 unspecified atom stereocenters. The number of hydrogen-bond acceptors (Lipinski definition) is 2. The molecule has 0 aromatic heterocycles. The summed E-state index contributed by atoms with van der Waals surface area (Å²) >= 11 is 0. The van der Waals surface area contributed by atoms with Gasteiger partial charge in [-0.25, -0.2) is 0 Å². The highest BCUT2D eigenvalue weighted by Crippen LogP contribution is 2.40. The van der Waals surface area contributed by atoms with Crippen LogP contribution in [-0.4, -0.2) is 29.6 Å². The molecule has 0 spiro atoms. The van der Waals surface area contributed by atoms with Gasteiger partial charge in [0.15, 0.2) is 0 Å². The van der Waals surface area contributed by atoms with Gasteiger partial charge < -0.3 is 9.13 Å². The smallest absolute Gasteiger partial charge is 0.397 e. The third-order valence-corrected chi connectivity index (χ3v) is 9.55. The molecule has 0 bridgehead atoms. The summed E-state index contributed by atoms with van der Waals surface area (Å²) < 4.78 is 85.6. The first-order valence-electron chi connectivity index (χ1n) is 10.8. The SMILES string of the molecule is C[Si](C)(C)N(CCCN(c1ccccc1C(F)(F)F)[Si](C)(C)C)c1ccccc1C(F)(F)F. The van der Waals surface area contributed by atoms with Gasteiger partial charge >= 0.3 is 12.4 Å². The van der Waals surface area contributed by atoms with Crippen LogP contribution in [0.1, 0.15) is 17.5 Å². The van der Waals surface area contributed by atoms with Crippen LogP contribution in [0.15, 0.2) is 48.5 Å². The molecule has 0 aliphatic carbocycles. The molecule has 0 amide bonds. The predicted octanol–water partition coefficient (Wildman–Crippen LogP) is 8.10. The summed E-state index contributed by atoms with van der Waals surface area (Å²) in [5, 5.41) is 0. The molecule has 0 aliphatic rings. The molecule has 33 heavy (non-hydrogen) atoms. The molecule has 0 aliphatic heterocycles. The van der Waals surface area contributed by atoms with Crippen molar-refractivity contribution >= 4 is 27.8 Å². The first kappa shape index (κ1) is 27.3. The first-order chi connectivity index (χ1) is 14.9. The van der Waals surface area contributed by atoms with Crippen LogP contribution in [-0.2, 0) is 12.4 Å². The Labute approximate surface area is 194 Å². The molecule has 10 heteroatoms. The third-order valence-electron chi connectivity index (χ3n) is 5.38. The lowest BCUT2D eigenvalue weighted by Crippen LogP contribution is -2.51. The molecule has 0 saturated carbocycles. The lowest BCUT2D eigenvalue weighted by molar-refractivity contribution is -0.137. The number of anilines is 2. The van der Waals surface area contributed by atoms with Crippen LogP contribution in [0.25, 0.3) is 0 Å². The summed E-state index contributed by atoms with van der Waals surface area (Å²) in [7, 11) is -4.46. The average molecular weight is 507 g/mol. The highest BCUT2D eigenvalue weighted by atomic mass is 28.3. The van der Waals surface area contributed by atoms with Crippen molar-refractivity contribution < 1.29 is 26.3 Å². The van der Waals surface area contributed by atoms with Gasteiger partial charge in [0.2, 0.25) is 0 Å². The molecule has 0 N–H and O–H groups in total. The first-order valence-corrected chi connectivity index (χ1v) is 17.7. The molecule has 2 aromatic carbocycles. The van der Waals surface area contributed by atoms with E-state index in [2.05, 4.69) is 0 Å². The van der Waals surface area contributed by atoms with Crippen molar-refractivity contribution in [3.05, 3.63) is 59.7 Å². The van der Waals surface area contributed by atoms with E-state index >= 15 is 0 Å². The van der Waals surface area contributed by atoms with Crippen LogP contribution in [0.4, 0.5) is 37.7 Å². The van der Waals surface area contributed by atoms with Gasteiger partial charge in [-0.2, -0.15) is 26.3 Å². The highest BCUT2D eigenvalue weighted by molar-refractivity contribution is 6.80. The second-order valence-corrected chi connectivity index (χ2v) is 19.8. The van der Waals surface area contributed by atoms with E-state index in [0.29, 0.717) is 19.5 Å². The van der Waals surface area contributed by atoms with Gasteiger partial charge in [0, 0.05) is 24.5 Å². The average Bonchev–Trinajstić information content (AvgIpc) is 2.64. The number of nitrogens with zero attached hydrogens (tertiary/aromatic N) is 2. The zero-order valence-corrected chi connectivity index (χ0v) is 21.9. The van der Waals surface area contributed by atoms with Crippen molar-refractivity contribution in [2.75, 3.05) is 22.2 Å². The molecular formula is C23H32F6N2Si2. The summed E-state index contributed by atoms with van der Waals surface area (Å²) in [6.07, 6.45) is -8.53. The Morgan fingerprint density at radius 3 is 1.15 bits per heavy atom. The van der Waals surface area contributed by atoms with Crippen molar-refractivity contribution in [3.63, 3.8) is 0 Å². The van der Waals surface area contributed by atoms with Gasteiger partial charge in [0.25, 0.3) is 0 Å². The number of halogens is 6. The Morgan fingerprint density at radius 1 is 0.576 bits per heavy atom. The maximum absolute atomic E-state index is 13.7. The maximum Gasteiger partial charge on any atom is 0.418 e. The van der Waals surface area contributed by atoms with Crippen molar-refractivity contribution in [3.8, 4) is 0 Å². The van der Waals surface area contributed by atoms with Gasteiger partial charge in [-0.3, -0.25) is 0 Å². The standard InChI is InChI=1S/C23H32F6N2Si2/c1-32(2,3)30(20-14-9-7-12-18(20)22(24,25)26)16-11-17-31(33(4,5)6)21-15-10-8-13-19(21)23(27,28)29/h7-10,12-15H,11,16-17H2,1-6H3. The topological polar surface area (TPSA) is 6.48 Å². The van der Waals surface area contributed by atoms with Gasteiger partial charge in [-0.15, -0.1) is 0 Å². The van der Waals surface area contributed by atoms with Crippen LogP contribution in [0.3, 0.4) is 0 Å². The summed E-state index contributed by atoms with van der Waals surface area (Å²) in [5.74, 6) is 0. The molecule has 0 atom stereocenters. The quantitative estimate of drug-likeness (QED) is 0.264. The predicted molar refractivity (Wildman–Crippen MR) is 129 cm³/mol. The van der Waals surface area contributed by atoms with E-state index in [0.717, 1.165) is 12.1 Å². The third kappa shape index (κ3) is 7.02. The zero-order valence-electron chi connectivity index (χ0n) is 19.9. The van der Waals surface area contributed by atoms with Crippen molar-refractivity contribution in [2.45, 2.75) is 58.1 Å². The number of rotatable bonds is 8. The minimum atomic E-state index is -4.48. The Morgan fingerprint density at radius 2 is 0.879 bits per heavy atom. The van der Waals surface area contributed by atoms with Gasteiger partial charge in [-0.05, 0) is 30.7 Å². The molecule has 0 heterocycles. The Balaban J connectivity index is 2.36. The fraction of sp³-hybridized carbons (Fsp3) is 0.478. The number of benzene rings is 2. The lowest BCUT2D eigenvalue weighted by Gasteiger charge is -2.41. The normalized spacial score (nSPS) is 13.2. The van der Waals surface area contributed by atoms with E-state index in [4.69, 9.17) is 0 Å². The second kappa shape index (κ2) is 9.73. The monoisotopic (exact) mass is 506 g/mol. The molecule has 0 fully saturated rings. The van der Waals surface area contributed by atoms with E-state index in [9.17, 15) is 26.3 Å². The number of para-hydroxylation sites is 2. The van der Waals surface area contributed by atoms with E-state index in [1.165, 1.54) is 24.3 Å². The van der Waals surface area contributed by atoms with E-state index < -0.39 is 40.0 Å². The van der Waals surface area contributed by atoms with Crippen molar-refractivity contribution in [1.29, 1.82) is 0 Å². The molecule has 2 rings (SSSR count). The van der Waals surface area contributed by atoms with Crippen molar-refractivity contribution in [2.24, 2.45) is 0 Å². The number of hydrogen-bond donors (Lipinski definition) is 0. The van der Waals surface area contributed by atoms with Crippen LogP contribution in [0, 0.1) is 0 Å². The van der Waals surface area contributed by atoms with Gasteiger partial charge in [0.1, 0.15) is 16.5 Å². The largest absolute Gasteiger partial charge is 0.418 e. The molecule has 2 nitrogen and oxygen atoms in total. The summed E-state index contributed by atoms with van der Waals surface area (Å²) in [4.78, 5) is 0. The summed E-state index contributed by atoms with van der Waals surface area (Å²) in [5.41, 5.74) is -1.09. The fourth-order valence-electron chi connectivity index (χ4n) is 3.92. The fourth-order valence-corrected chi connectivity index (χ4v) is 7.41. The Kier molecular flexibility index (Phi) is 8.05. The van der Waals surface area contributed by atoms with E-state index in [1.807, 2.05) is 48.4 Å². The second-order valence-electron chi connectivity index (χ2n) is 10.0. The Hall–Kier alpha value is -1.95. The van der Waals surface area contributed by atoms with E-state index in [1.54, 1.807) is 12.1 Å². The highest BCUT2D eigenvalue weighted by Gasteiger charge is 2.38. The van der Waals surface area contributed by atoms with E-state index in [-0.39, 0.29) is 11.4 Å². The Bertz CT molecular complexity index is 855. The minimum Gasteiger partial charge on any atom is -0.397 e. The molecule has 0 radical (unpaired) electrons. The maximum atomic E-state index is 13.7. The number of alkyl halides is 6. The van der Waals surface area contributed by atoms with Gasteiger partial charge in [0.05, 0.1) is 11.1 Å².